The number of rotatable bonds is 3. The standard InChI is InChI=1S/C8H9N5S/c1-9-8(7-4-12-13-14-7)6-2-10-5-11-3-6/h2-5,8-9H,1H3. The zero-order valence-corrected chi connectivity index (χ0v) is 8.40. The van der Waals surface area contributed by atoms with Crippen molar-refractivity contribution in [1.29, 1.82) is 0 Å². The molecular weight excluding hydrogens is 198 g/mol. The highest BCUT2D eigenvalue weighted by atomic mass is 32.1. The van der Waals surface area contributed by atoms with Crippen molar-refractivity contribution < 1.29 is 0 Å². The van der Waals surface area contributed by atoms with Gasteiger partial charge in [0.25, 0.3) is 0 Å². The van der Waals surface area contributed by atoms with E-state index in [1.54, 1.807) is 18.6 Å². The topological polar surface area (TPSA) is 63.6 Å². The Morgan fingerprint density at radius 1 is 1.29 bits per heavy atom. The summed E-state index contributed by atoms with van der Waals surface area (Å²) in [5, 5.41) is 6.98. The van der Waals surface area contributed by atoms with Crippen molar-refractivity contribution in [1.82, 2.24) is 24.9 Å². The Kier molecular flexibility index (Phi) is 2.76. The van der Waals surface area contributed by atoms with E-state index in [0.717, 1.165) is 10.4 Å². The van der Waals surface area contributed by atoms with Crippen molar-refractivity contribution in [3.8, 4) is 0 Å². The van der Waals surface area contributed by atoms with E-state index < -0.39 is 0 Å². The highest BCUT2D eigenvalue weighted by Gasteiger charge is 2.14. The van der Waals surface area contributed by atoms with Gasteiger partial charge in [-0.05, 0) is 18.6 Å². The number of nitrogens with zero attached hydrogens (tertiary/aromatic N) is 4. The van der Waals surface area contributed by atoms with Gasteiger partial charge in [0.05, 0.1) is 17.1 Å². The normalized spacial score (nSPS) is 12.6. The van der Waals surface area contributed by atoms with Crippen molar-refractivity contribution >= 4 is 11.5 Å². The molecule has 0 saturated heterocycles. The zero-order valence-electron chi connectivity index (χ0n) is 7.58. The number of aromatic nitrogens is 4. The van der Waals surface area contributed by atoms with Gasteiger partial charge >= 0.3 is 0 Å². The van der Waals surface area contributed by atoms with Crippen molar-refractivity contribution in [2.24, 2.45) is 0 Å². The first-order valence-corrected chi connectivity index (χ1v) is 4.88. The van der Waals surface area contributed by atoms with Gasteiger partial charge < -0.3 is 5.32 Å². The van der Waals surface area contributed by atoms with E-state index in [4.69, 9.17) is 0 Å². The second-order valence-corrected chi connectivity index (χ2v) is 3.53. The van der Waals surface area contributed by atoms with Gasteiger partial charge in [-0.15, -0.1) is 5.10 Å². The average molecular weight is 207 g/mol. The molecule has 2 aromatic rings. The monoisotopic (exact) mass is 207 g/mol. The van der Waals surface area contributed by atoms with Crippen LogP contribution in [0.25, 0.3) is 0 Å². The third kappa shape index (κ3) is 1.75. The van der Waals surface area contributed by atoms with E-state index in [2.05, 4.69) is 24.9 Å². The fourth-order valence-electron chi connectivity index (χ4n) is 1.23. The molecule has 0 aliphatic carbocycles. The summed E-state index contributed by atoms with van der Waals surface area (Å²) in [5.41, 5.74) is 1.01. The minimum atomic E-state index is 0.0798. The fraction of sp³-hybridized carbons (Fsp3) is 0.250. The summed E-state index contributed by atoms with van der Waals surface area (Å²) in [4.78, 5) is 9.01. The van der Waals surface area contributed by atoms with Crippen LogP contribution in [0.15, 0.2) is 24.9 Å². The molecule has 2 heterocycles. The Morgan fingerprint density at radius 2 is 2.07 bits per heavy atom. The molecule has 14 heavy (non-hydrogen) atoms. The lowest BCUT2D eigenvalue weighted by Crippen LogP contribution is -2.16. The first kappa shape index (κ1) is 9.17. The zero-order chi connectivity index (χ0) is 9.80. The number of nitrogens with one attached hydrogen (secondary N) is 1. The summed E-state index contributed by atoms with van der Waals surface area (Å²) in [6.45, 7) is 0. The van der Waals surface area contributed by atoms with E-state index in [9.17, 15) is 0 Å². The maximum Gasteiger partial charge on any atom is 0.115 e. The van der Waals surface area contributed by atoms with Gasteiger partial charge in [0.1, 0.15) is 6.33 Å². The van der Waals surface area contributed by atoms with E-state index in [1.807, 2.05) is 7.05 Å². The van der Waals surface area contributed by atoms with Crippen molar-refractivity contribution in [2.75, 3.05) is 7.05 Å². The van der Waals surface area contributed by atoms with Crippen LogP contribution in [0.4, 0.5) is 0 Å². The minimum Gasteiger partial charge on any atom is -0.308 e. The summed E-state index contributed by atoms with van der Waals surface area (Å²) in [7, 11) is 1.89. The van der Waals surface area contributed by atoms with Gasteiger partial charge in [-0.25, -0.2) is 9.97 Å². The van der Waals surface area contributed by atoms with Crippen molar-refractivity contribution in [3.05, 3.63) is 35.4 Å². The summed E-state index contributed by atoms with van der Waals surface area (Å²) in [6.07, 6.45) is 6.84. The molecule has 0 amide bonds. The second kappa shape index (κ2) is 4.21. The molecule has 0 aliphatic heterocycles. The molecule has 0 aliphatic rings. The maximum atomic E-state index is 3.98. The highest BCUT2D eigenvalue weighted by Crippen LogP contribution is 2.21. The molecule has 0 saturated carbocycles. The maximum absolute atomic E-state index is 3.98. The smallest absolute Gasteiger partial charge is 0.115 e. The van der Waals surface area contributed by atoms with E-state index >= 15 is 0 Å². The van der Waals surface area contributed by atoms with E-state index in [1.165, 1.54) is 17.9 Å². The van der Waals surface area contributed by atoms with Crippen LogP contribution in [0.1, 0.15) is 16.5 Å². The van der Waals surface area contributed by atoms with Crippen molar-refractivity contribution in [3.63, 3.8) is 0 Å². The third-order valence-electron chi connectivity index (χ3n) is 1.87. The predicted octanol–water partition coefficient (Wildman–Crippen LogP) is 0.637. The first-order valence-electron chi connectivity index (χ1n) is 4.11. The Bertz CT molecular complexity index is 374. The Hall–Kier alpha value is -1.40. The van der Waals surface area contributed by atoms with Gasteiger partial charge in [-0.2, -0.15) is 0 Å². The Labute approximate surface area is 85.4 Å². The number of hydrogen-bond donors (Lipinski definition) is 1. The minimum absolute atomic E-state index is 0.0798. The predicted molar refractivity (Wildman–Crippen MR) is 52.8 cm³/mol. The van der Waals surface area contributed by atoms with Gasteiger partial charge in [-0.1, -0.05) is 4.49 Å². The van der Waals surface area contributed by atoms with Crippen LogP contribution in [-0.2, 0) is 0 Å². The molecule has 0 spiro atoms. The molecule has 1 atom stereocenters. The lowest BCUT2D eigenvalue weighted by Gasteiger charge is -2.11. The number of hydrogen-bond acceptors (Lipinski definition) is 6. The van der Waals surface area contributed by atoms with Crippen LogP contribution >= 0.6 is 11.5 Å². The SMILES string of the molecule is CNC(c1cncnc1)c1cnns1. The molecule has 2 aromatic heterocycles. The summed E-state index contributed by atoms with van der Waals surface area (Å²) in [6, 6.07) is 0.0798. The van der Waals surface area contributed by atoms with Crippen molar-refractivity contribution in [2.45, 2.75) is 6.04 Å². The molecule has 0 bridgehead atoms. The van der Waals surface area contributed by atoms with E-state index in [-0.39, 0.29) is 6.04 Å². The molecule has 72 valence electrons. The molecule has 0 fully saturated rings. The third-order valence-corrected chi connectivity index (χ3v) is 2.59. The van der Waals surface area contributed by atoms with Crippen LogP contribution in [-0.4, -0.2) is 26.6 Å². The first-order chi connectivity index (χ1) is 6.92. The lowest BCUT2D eigenvalue weighted by atomic mass is 10.1. The summed E-state index contributed by atoms with van der Waals surface area (Å²) >= 11 is 1.37. The molecule has 1 N–H and O–H groups in total. The molecule has 1 unspecified atom stereocenters. The van der Waals surface area contributed by atoms with Gasteiger partial charge in [0.2, 0.25) is 0 Å². The fourth-order valence-corrected chi connectivity index (χ4v) is 1.88. The van der Waals surface area contributed by atoms with Gasteiger partial charge in [-0.3, -0.25) is 0 Å². The molecule has 0 aromatic carbocycles. The van der Waals surface area contributed by atoms with Gasteiger partial charge in [0.15, 0.2) is 0 Å². The van der Waals surface area contributed by atoms with Crippen LogP contribution in [0.3, 0.4) is 0 Å². The summed E-state index contributed by atoms with van der Waals surface area (Å²) in [5.74, 6) is 0. The lowest BCUT2D eigenvalue weighted by molar-refractivity contribution is 0.694. The quantitative estimate of drug-likeness (QED) is 0.800. The van der Waals surface area contributed by atoms with Crippen LogP contribution in [0.2, 0.25) is 0 Å². The van der Waals surface area contributed by atoms with Crippen LogP contribution < -0.4 is 5.32 Å². The Morgan fingerprint density at radius 3 is 2.64 bits per heavy atom. The Balaban J connectivity index is 2.31. The largest absolute Gasteiger partial charge is 0.308 e. The molecule has 2 rings (SSSR count). The van der Waals surface area contributed by atoms with Crippen LogP contribution in [0.5, 0.6) is 0 Å². The highest BCUT2D eigenvalue weighted by molar-refractivity contribution is 7.05. The average Bonchev–Trinajstić information content (AvgIpc) is 2.74. The molecule has 6 heteroatoms. The molecular formula is C8H9N5S. The second-order valence-electron chi connectivity index (χ2n) is 2.71. The van der Waals surface area contributed by atoms with Crippen LogP contribution in [0, 0.1) is 0 Å². The molecule has 0 radical (unpaired) electrons. The van der Waals surface area contributed by atoms with Gasteiger partial charge in [0, 0.05) is 18.0 Å². The summed E-state index contributed by atoms with van der Waals surface area (Å²) < 4.78 is 3.83. The van der Waals surface area contributed by atoms with E-state index in [0.29, 0.717) is 0 Å². The molecule has 5 nitrogen and oxygen atoms in total.